The first kappa shape index (κ1) is 16.1. The maximum atomic E-state index is 12.1. The molecule has 0 radical (unpaired) electrons. The van der Waals surface area contributed by atoms with Crippen molar-refractivity contribution in [2.75, 3.05) is 29.9 Å². The Morgan fingerprint density at radius 2 is 1.96 bits per heavy atom. The van der Waals surface area contributed by atoms with Crippen LogP contribution >= 0.6 is 0 Å². The molecule has 1 atom stereocenters. The predicted molar refractivity (Wildman–Crippen MR) is 92.7 cm³/mol. The fourth-order valence-electron chi connectivity index (χ4n) is 3.20. The van der Waals surface area contributed by atoms with Gasteiger partial charge in [-0.3, -0.25) is 4.79 Å². The number of hydrogen-bond acceptors (Lipinski definition) is 4. The zero-order valence-corrected chi connectivity index (χ0v) is 13.8. The van der Waals surface area contributed by atoms with Gasteiger partial charge >= 0.3 is 0 Å². The molecule has 5 heteroatoms. The second kappa shape index (κ2) is 7.21. The Morgan fingerprint density at radius 1 is 1.26 bits per heavy atom. The number of amides is 1. The van der Waals surface area contributed by atoms with E-state index in [2.05, 4.69) is 28.5 Å². The Hall–Kier alpha value is -1.75. The quantitative estimate of drug-likeness (QED) is 0.751. The summed E-state index contributed by atoms with van der Waals surface area (Å²) >= 11 is 0. The van der Waals surface area contributed by atoms with Gasteiger partial charge in [0.15, 0.2) is 0 Å². The smallest absolute Gasteiger partial charge is 0.239 e. The van der Waals surface area contributed by atoms with Gasteiger partial charge in [-0.1, -0.05) is 12.1 Å². The highest BCUT2D eigenvalue weighted by atomic mass is 16.3. The van der Waals surface area contributed by atoms with Crippen molar-refractivity contribution in [3.8, 4) is 0 Å². The van der Waals surface area contributed by atoms with E-state index >= 15 is 0 Å². The highest BCUT2D eigenvalue weighted by Crippen LogP contribution is 2.32. The Kier molecular flexibility index (Phi) is 5.06. The number of nitrogens with zero attached hydrogens (tertiary/aromatic N) is 1. The first-order valence-electron chi connectivity index (χ1n) is 8.69. The van der Waals surface area contributed by atoms with Gasteiger partial charge in [-0.15, -0.1) is 0 Å². The van der Waals surface area contributed by atoms with E-state index in [1.807, 2.05) is 18.2 Å². The van der Waals surface area contributed by atoms with E-state index in [0.29, 0.717) is 12.5 Å². The van der Waals surface area contributed by atoms with Crippen LogP contribution in [0.4, 0.5) is 11.4 Å². The third kappa shape index (κ3) is 4.38. The van der Waals surface area contributed by atoms with Crippen LogP contribution in [-0.4, -0.2) is 42.8 Å². The SMILES string of the molecule is CC(NC(=O)CNc1ccccc1N1CCC(O)CC1)C1CC1. The van der Waals surface area contributed by atoms with Crippen LogP contribution < -0.4 is 15.5 Å². The van der Waals surface area contributed by atoms with Crippen LogP contribution in [0.3, 0.4) is 0 Å². The van der Waals surface area contributed by atoms with Crippen molar-refractivity contribution in [2.24, 2.45) is 5.92 Å². The van der Waals surface area contributed by atoms with Crippen LogP contribution in [0.15, 0.2) is 24.3 Å². The van der Waals surface area contributed by atoms with Crippen molar-refractivity contribution in [1.82, 2.24) is 5.32 Å². The van der Waals surface area contributed by atoms with E-state index in [1.54, 1.807) is 0 Å². The van der Waals surface area contributed by atoms with Crippen LogP contribution in [0.25, 0.3) is 0 Å². The first-order valence-corrected chi connectivity index (χ1v) is 8.69. The number of aliphatic hydroxyl groups is 1. The molecule has 1 unspecified atom stereocenters. The Balaban J connectivity index is 1.56. The molecule has 126 valence electrons. The number of nitrogens with one attached hydrogen (secondary N) is 2. The van der Waals surface area contributed by atoms with E-state index in [9.17, 15) is 9.90 Å². The fourth-order valence-corrected chi connectivity index (χ4v) is 3.20. The average Bonchev–Trinajstić information content (AvgIpc) is 3.39. The number of aliphatic hydroxyl groups excluding tert-OH is 1. The Morgan fingerprint density at radius 3 is 2.65 bits per heavy atom. The van der Waals surface area contributed by atoms with Crippen LogP contribution in [0.5, 0.6) is 0 Å². The van der Waals surface area contributed by atoms with Crippen LogP contribution in [-0.2, 0) is 4.79 Å². The topological polar surface area (TPSA) is 64.6 Å². The molecule has 0 spiro atoms. The van der Waals surface area contributed by atoms with Gasteiger partial charge in [-0.2, -0.15) is 0 Å². The summed E-state index contributed by atoms with van der Waals surface area (Å²) in [5, 5.41) is 16.0. The van der Waals surface area contributed by atoms with Crippen LogP contribution in [0.2, 0.25) is 0 Å². The van der Waals surface area contributed by atoms with Gasteiger partial charge in [-0.25, -0.2) is 0 Å². The summed E-state index contributed by atoms with van der Waals surface area (Å²) in [5.74, 6) is 0.722. The minimum absolute atomic E-state index is 0.0493. The number of hydrogen-bond donors (Lipinski definition) is 3. The minimum atomic E-state index is -0.180. The number of piperidine rings is 1. The van der Waals surface area contributed by atoms with Gasteiger partial charge in [0.25, 0.3) is 0 Å². The summed E-state index contributed by atoms with van der Waals surface area (Å²) in [6, 6.07) is 8.36. The summed E-state index contributed by atoms with van der Waals surface area (Å²) in [6.45, 7) is 4.09. The summed E-state index contributed by atoms with van der Waals surface area (Å²) in [4.78, 5) is 14.3. The lowest BCUT2D eigenvalue weighted by atomic mass is 10.1. The molecule has 1 aromatic rings. The van der Waals surface area contributed by atoms with E-state index in [4.69, 9.17) is 0 Å². The molecule has 1 aromatic carbocycles. The molecule has 1 saturated heterocycles. The highest BCUT2D eigenvalue weighted by Gasteiger charge is 2.28. The summed E-state index contributed by atoms with van der Waals surface area (Å²) in [7, 11) is 0. The van der Waals surface area contributed by atoms with Crippen molar-refractivity contribution in [3.63, 3.8) is 0 Å². The predicted octanol–water partition coefficient (Wildman–Crippen LogP) is 1.97. The number of carbonyl (C=O) groups is 1. The van der Waals surface area contributed by atoms with E-state index in [0.717, 1.165) is 37.3 Å². The van der Waals surface area contributed by atoms with Gasteiger partial charge in [0.1, 0.15) is 0 Å². The molecule has 1 amide bonds. The summed E-state index contributed by atoms with van der Waals surface area (Å²) < 4.78 is 0. The molecule has 3 rings (SSSR count). The molecule has 23 heavy (non-hydrogen) atoms. The average molecular weight is 317 g/mol. The summed E-state index contributed by atoms with van der Waals surface area (Å²) in [6.07, 6.45) is 3.89. The fraction of sp³-hybridized carbons (Fsp3) is 0.611. The van der Waals surface area contributed by atoms with Gasteiger partial charge in [-0.05, 0) is 50.7 Å². The number of rotatable bonds is 6. The molecular formula is C18H27N3O2. The normalized spacial score (nSPS) is 20.2. The molecule has 3 N–H and O–H groups in total. The van der Waals surface area contributed by atoms with Crippen molar-refractivity contribution >= 4 is 17.3 Å². The minimum Gasteiger partial charge on any atom is -0.393 e. The lowest BCUT2D eigenvalue weighted by Gasteiger charge is -2.33. The molecule has 1 saturated carbocycles. The van der Waals surface area contributed by atoms with E-state index < -0.39 is 0 Å². The van der Waals surface area contributed by atoms with Crippen LogP contribution in [0.1, 0.15) is 32.6 Å². The zero-order valence-electron chi connectivity index (χ0n) is 13.8. The van der Waals surface area contributed by atoms with Gasteiger partial charge < -0.3 is 20.6 Å². The molecule has 1 aliphatic carbocycles. The molecule has 5 nitrogen and oxygen atoms in total. The number of benzene rings is 1. The second-order valence-electron chi connectivity index (χ2n) is 6.78. The Bertz CT molecular complexity index is 537. The summed E-state index contributed by atoms with van der Waals surface area (Å²) in [5.41, 5.74) is 2.10. The van der Waals surface area contributed by atoms with E-state index in [1.165, 1.54) is 12.8 Å². The molecule has 2 fully saturated rings. The molecule has 0 bridgehead atoms. The maximum Gasteiger partial charge on any atom is 0.239 e. The first-order chi connectivity index (χ1) is 11.1. The molecule has 1 heterocycles. The van der Waals surface area contributed by atoms with Crippen molar-refractivity contribution in [2.45, 2.75) is 44.8 Å². The Labute approximate surface area is 138 Å². The monoisotopic (exact) mass is 317 g/mol. The third-order valence-corrected chi connectivity index (χ3v) is 4.87. The van der Waals surface area contributed by atoms with E-state index in [-0.39, 0.29) is 18.1 Å². The lowest BCUT2D eigenvalue weighted by Crippen LogP contribution is -2.38. The van der Waals surface area contributed by atoms with Gasteiger partial charge in [0.05, 0.1) is 24.0 Å². The standard InChI is InChI=1S/C18H27N3O2/c1-13(14-6-7-14)20-18(23)12-19-16-4-2-3-5-17(16)21-10-8-15(22)9-11-21/h2-5,13-15,19,22H,6-12H2,1H3,(H,20,23). The number of para-hydroxylation sites is 2. The maximum absolute atomic E-state index is 12.1. The second-order valence-corrected chi connectivity index (χ2v) is 6.78. The van der Waals surface area contributed by atoms with Gasteiger partial charge in [0, 0.05) is 19.1 Å². The molecule has 0 aromatic heterocycles. The van der Waals surface area contributed by atoms with Crippen LogP contribution in [0, 0.1) is 5.92 Å². The van der Waals surface area contributed by atoms with Crippen molar-refractivity contribution in [1.29, 1.82) is 0 Å². The lowest BCUT2D eigenvalue weighted by molar-refractivity contribution is -0.120. The molecular weight excluding hydrogens is 290 g/mol. The van der Waals surface area contributed by atoms with Crippen molar-refractivity contribution < 1.29 is 9.90 Å². The largest absolute Gasteiger partial charge is 0.393 e. The molecule has 2 aliphatic rings. The highest BCUT2D eigenvalue weighted by molar-refractivity contribution is 5.83. The number of anilines is 2. The van der Waals surface area contributed by atoms with Gasteiger partial charge in [0.2, 0.25) is 5.91 Å². The molecule has 1 aliphatic heterocycles. The number of carbonyl (C=O) groups excluding carboxylic acids is 1. The third-order valence-electron chi connectivity index (χ3n) is 4.87. The zero-order chi connectivity index (χ0) is 16.2. The van der Waals surface area contributed by atoms with Crippen molar-refractivity contribution in [3.05, 3.63) is 24.3 Å².